The molecule has 0 aliphatic heterocycles. The molecule has 1 aromatic carbocycles. The number of hydrogen-bond donors (Lipinski definition) is 1. The van der Waals surface area contributed by atoms with Crippen molar-refractivity contribution in [3.8, 4) is 0 Å². The van der Waals surface area contributed by atoms with Gasteiger partial charge in [-0.15, -0.1) is 0 Å². The van der Waals surface area contributed by atoms with Gasteiger partial charge in [0.15, 0.2) is 0 Å². The molecule has 0 spiro atoms. The van der Waals surface area contributed by atoms with E-state index in [0.29, 0.717) is 12.2 Å². The maximum atomic E-state index is 11.9. The molecule has 2 aromatic rings. The summed E-state index contributed by atoms with van der Waals surface area (Å²) < 4.78 is 25.0. The van der Waals surface area contributed by atoms with Crippen LogP contribution in [0, 0.1) is 0 Å². The molecule has 2 rings (SSSR count). The summed E-state index contributed by atoms with van der Waals surface area (Å²) in [6.45, 7) is 0.417. The van der Waals surface area contributed by atoms with Crippen molar-refractivity contribution >= 4 is 21.6 Å². The van der Waals surface area contributed by atoms with Crippen LogP contribution in [0.3, 0.4) is 0 Å². The van der Waals surface area contributed by atoms with E-state index in [9.17, 15) is 13.2 Å². The van der Waals surface area contributed by atoms with Crippen molar-refractivity contribution in [2.45, 2.75) is 13.0 Å². The van der Waals surface area contributed by atoms with E-state index in [1.807, 2.05) is 18.2 Å². The second-order valence-corrected chi connectivity index (χ2v) is 6.93. The van der Waals surface area contributed by atoms with E-state index in [1.165, 1.54) is 4.31 Å². The van der Waals surface area contributed by atoms with E-state index in [0.717, 1.165) is 11.9 Å². The Kier molecular flexibility index (Phi) is 5.70. The normalized spacial score (nSPS) is 11.0. The fourth-order valence-corrected chi connectivity index (χ4v) is 2.99. The van der Waals surface area contributed by atoms with Gasteiger partial charge >= 0.3 is 0 Å². The van der Waals surface area contributed by atoms with E-state index in [1.54, 1.807) is 36.5 Å². The zero-order valence-corrected chi connectivity index (χ0v) is 13.7. The number of carbonyl (C=O) groups excluding carboxylic acids is 1. The first-order chi connectivity index (χ1) is 11.0. The van der Waals surface area contributed by atoms with Crippen LogP contribution in [0.5, 0.6) is 0 Å². The van der Waals surface area contributed by atoms with E-state index in [4.69, 9.17) is 0 Å². The Morgan fingerprint density at radius 1 is 1.13 bits per heavy atom. The lowest BCUT2D eigenvalue weighted by atomic mass is 10.3. The average molecular weight is 333 g/mol. The second-order valence-electron chi connectivity index (χ2n) is 5.02. The number of carbonyl (C=O) groups is 1. The molecule has 0 saturated carbocycles. The molecule has 0 aliphatic carbocycles. The maximum absolute atomic E-state index is 11.9. The number of nitrogens with zero attached hydrogens (tertiary/aromatic N) is 2. The highest BCUT2D eigenvalue weighted by Gasteiger charge is 2.18. The molecule has 0 radical (unpaired) electrons. The summed E-state index contributed by atoms with van der Waals surface area (Å²) in [5, 5.41) is 2.73. The number of sulfonamides is 1. The highest BCUT2D eigenvalue weighted by Crippen LogP contribution is 2.16. The van der Waals surface area contributed by atoms with Crippen molar-refractivity contribution in [1.29, 1.82) is 0 Å². The number of aromatic nitrogens is 1. The minimum Gasteiger partial charge on any atom is -0.350 e. The minimum absolute atomic E-state index is 0.0782. The second kappa shape index (κ2) is 7.73. The third kappa shape index (κ3) is 5.37. The summed E-state index contributed by atoms with van der Waals surface area (Å²) >= 11 is 0. The van der Waals surface area contributed by atoms with Gasteiger partial charge in [-0.2, -0.15) is 0 Å². The van der Waals surface area contributed by atoms with E-state index in [2.05, 4.69) is 10.3 Å². The van der Waals surface area contributed by atoms with Crippen LogP contribution >= 0.6 is 0 Å². The summed E-state index contributed by atoms with van der Waals surface area (Å²) in [5.74, 6) is -0.222. The SMILES string of the molecule is CS(=O)(=O)N(CCC(=O)NCc1ccccn1)c1ccccc1. The molecule has 0 atom stereocenters. The highest BCUT2D eigenvalue weighted by molar-refractivity contribution is 7.92. The van der Waals surface area contributed by atoms with Crippen LogP contribution in [0.15, 0.2) is 54.7 Å². The van der Waals surface area contributed by atoms with Crippen LogP contribution < -0.4 is 9.62 Å². The first-order valence-electron chi connectivity index (χ1n) is 7.16. The van der Waals surface area contributed by atoms with Gasteiger partial charge < -0.3 is 5.32 Å². The molecule has 0 saturated heterocycles. The Hall–Kier alpha value is -2.41. The number of benzene rings is 1. The summed E-state index contributed by atoms with van der Waals surface area (Å²) in [4.78, 5) is 16.0. The molecule has 0 fully saturated rings. The largest absolute Gasteiger partial charge is 0.350 e. The predicted molar refractivity (Wildman–Crippen MR) is 89.3 cm³/mol. The number of hydrogen-bond acceptors (Lipinski definition) is 4. The van der Waals surface area contributed by atoms with Crippen LogP contribution in [-0.2, 0) is 21.4 Å². The first kappa shape index (κ1) is 17.0. The monoisotopic (exact) mass is 333 g/mol. The third-order valence-electron chi connectivity index (χ3n) is 3.18. The Morgan fingerprint density at radius 2 is 1.83 bits per heavy atom. The molecule has 6 nitrogen and oxygen atoms in total. The minimum atomic E-state index is -3.44. The van der Waals surface area contributed by atoms with Crippen molar-refractivity contribution in [1.82, 2.24) is 10.3 Å². The number of amides is 1. The molecular formula is C16H19N3O3S. The molecule has 0 unspecified atom stereocenters. The van der Waals surface area contributed by atoms with Gasteiger partial charge in [-0.1, -0.05) is 24.3 Å². The molecule has 23 heavy (non-hydrogen) atoms. The van der Waals surface area contributed by atoms with Gasteiger partial charge in [-0.05, 0) is 24.3 Å². The smallest absolute Gasteiger partial charge is 0.232 e. The van der Waals surface area contributed by atoms with E-state index >= 15 is 0 Å². The lowest BCUT2D eigenvalue weighted by Gasteiger charge is -2.22. The Balaban J connectivity index is 1.92. The molecular weight excluding hydrogens is 314 g/mol. The molecule has 1 N–H and O–H groups in total. The topological polar surface area (TPSA) is 79.4 Å². The van der Waals surface area contributed by atoms with Gasteiger partial charge in [-0.25, -0.2) is 8.42 Å². The number of pyridine rings is 1. The fourth-order valence-electron chi connectivity index (χ4n) is 2.06. The predicted octanol–water partition coefficient (Wildman–Crippen LogP) is 1.55. The lowest BCUT2D eigenvalue weighted by molar-refractivity contribution is -0.121. The standard InChI is InChI=1S/C16H19N3O3S/c1-23(21,22)19(15-8-3-2-4-9-15)12-10-16(20)18-13-14-7-5-6-11-17-14/h2-9,11H,10,12-13H2,1H3,(H,18,20). The Morgan fingerprint density at radius 3 is 2.43 bits per heavy atom. The van der Waals surface area contributed by atoms with Crippen molar-refractivity contribution in [2.24, 2.45) is 0 Å². The van der Waals surface area contributed by atoms with Crippen LogP contribution in [-0.4, -0.2) is 32.1 Å². The molecule has 1 heterocycles. The quantitative estimate of drug-likeness (QED) is 0.834. The maximum Gasteiger partial charge on any atom is 0.232 e. The number of rotatable bonds is 7. The van der Waals surface area contributed by atoms with Crippen LogP contribution in [0.1, 0.15) is 12.1 Å². The van der Waals surface area contributed by atoms with Gasteiger partial charge in [0.25, 0.3) is 0 Å². The molecule has 1 amide bonds. The molecule has 122 valence electrons. The summed E-state index contributed by atoms with van der Waals surface area (Å²) in [7, 11) is -3.44. The third-order valence-corrected chi connectivity index (χ3v) is 4.37. The van der Waals surface area contributed by atoms with Gasteiger partial charge in [0.2, 0.25) is 15.9 Å². The molecule has 7 heteroatoms. The Bertz CT molecular complexity index is 734. The zero-order valence-electron chi connectivity index (χ0n) is 12.8. The fraction of sp³-hybridized carbons (Fsp3) is 0.250. The lowest BCUT2D eigenvalue weighted by Crippen LogP contribution is -2.34. The summed E-state index contributed by atoms with van der Waals surface area (Å²) in [5.41, 5.74) is 1.30. The molecule has 1 aromatic heterocycles. The average Bonchev–Trinajstić information content (AvgIpc) is 2.54. The van der Waals surface area contributed by atoms with E-state index in [-0.39, 0.29) is 18.9 Å². The van der Waals surface area contributed by atoms with Gasteiger partial charge in [-0.3, -0.25) is 14.1 Å². The molecule has 0 aliphatic rings. The highest BCUT2D eigenvalue weighted by atomic mass is 32.2. The van der Waals surface area contributed by atoms with Gasteiger partial charge in [0.05, 0.1) is 24.2 Å². The molecule has 0 bridgehead atoms. The summed E-state index contributed by atoms with van der Waals surface area (Å²) in [6.07, 6.45) is 2.86. The van der Waals surface area contributed by atoms with Crippen LogP contribution in [0.4, 0.5) is 5.69 Å². The van der Waals surface area contributed by atoms with Gasteiger partial charge in [0.1, 0.15) is 0 Å². The summed E-state index contributed by atoms with van der Waals surface area (Å²) in [6, 6.07) is 14.2. The van der Waals surface area contributed by atoms with Crippen molar-refractivity contribution in [2.75, 3.05) is 17.1 Å². The van der Waals surface area contributed by atoms with Crippen LogP contribution in [0.25, 0.3) is 0 Å². The Labute approximate surface area is 136 Å². The number of anilines is 1. The van der Waals surface area contributed by atoms with Crippen LogP contribution in [0.2, 0.25) is 0 Å². The zero-order chi connectivity index (χ0) is 16.7. The first-order valence-corrected chi connectivity index (χ1v) is 9.01. The number of nitrogens with one attached hydrogen (secondary N) is 1. The van der Waals surface area contributed by atoms with Gasteiger partial charge in [0, 0.05) is 19.2 Å². The number of para-hydroxylation sites is 1. The van der Waals surface area contributed by atoms with Crippen molar-refractivity contribution in [3.05, 3.63) is 60.4 Å². The van der Waals surface area contributed by atoms with Crippen molar-refractivity contribution < 1.29 is 13.2 Å². The van der Waals surface area contributed by atoms with Crippen molar-refractivity contribution in [3.63, 3.8) is 0 Å². The van der Waals surface area contributed by atoms with E-state index < -0.39 is 10.0 Å².